The van der Waals surface area contributed by atoms with Crippen LogP contribution in [0.3, 0.4) is 0 Å². The number of thiocarbonyl (C=S) groups is 1. The smallest absolute Gasteiger partial charge is 0.255 e. The highest BCUT2D eigenvalue weighted by atomic mass is 32.2. The minimum atomic E-state index is 0.464. The van der Waals surface area contributed by atoms with Crippen molar-refractivity contribution in [3.63, 3.8) is 0 Å². The van der Waals surface area contributed by atoms with Gasteiger partial charge in [0.1, 0.15) is 0 Å². The Labute approximate surface area is 95.8 Å². The van der Waals surface area contributed by atoms with Crippen molar-refractivity contribution in [3.05, 3.63) is 11.6 Å². The zero-order valence-corrected chi connectivity index (χ0v) is 10.8. The van der Waals surface area contributed by atoms with E-state index in [1.165, 1.54) is 17.3 Å². The van der Waals surface area contributed by atoms with E-state index in [4.69, 9.17) is 17.1 Å². The van der Waals surface area contributed by atoms with Crippen LogP contribution < -0.4 is 0 Å². The molecule has 2 nitrogen and oxygen atoms in total. The van der Waals surface area contributed by atoms with Gasteiger partial charge in [0.15, 0.2) is 0 Å². The molecule has 0 amide bonds. The third-order valence-electron chi connectivity index (χ3n) is 1.50. The van der Waals surface area contributed by atoms with Crippen molar-refractivity contribution < 1.29 is 4.84 Å². The molecule has 0 atom stereocenters. The predicted octanol–water partition coefficient (Wildman–Crippen LogP) is 3.77. The average molecular weight is 231 g/mol. The first kappa shape index (κ1) is 13.7. The molecule has 0 aliphatic carbocycles. The van der Waals surface area contributed by atoms with E-state index in [0.717, 1.165) is 18.6 Å². The van der Waals surface area contributed by atoms with Crippen molar-refractivity contribution >= 4 is 34.1 Å². The second-order valence-electron chi connectivity index (χ2n) is 3.19. The fourth-order valence-corrected chi connectivity index (χ4v) is 0.917. The topological polar surface area (TPSA) is 21.6 Å². The van der Waals surface area contributed by atoms with E-state index in [-0.39, 0.29) is 0 Å². The van der Waals surface area contributed by atoms with Gasteiger partial charge in [-0.25, -0.2) is 0 Å². The average Bonchev–Trinajstić information content (AvgIpc) is 2.13. The van der Waals surface area contributed by atoms with E-state index < -0.39 is 0 Å². The van der Waals surface area contributed by atoms with Gasteiger partial charge in [-0.2, -0.15) is 0 Å². The lowest BCUT2D eigenvalue weighted by atomic mass is 10.2. The Morgan fingerprint density at radius 2 is 2.07 bits per heavy atom. The van der Waals surface area contributed by atoms with Gasteiger partial charge in [-0.3, -0.25) is 0 Å². The van der Waals surface area contributed by atoms with Crippen LogP contribution >= 0.6 is 24.0 Å². The maximum Gasteiger partial charge on any atom is 0.255 e. The second kappa shape index (κ2) is 8.00. The molecule has 0 aromatic carbocycles. The van der Waals surface area contributed by atoms with Gasteiger partial charge in [0.05, 0.1) is 5.71 Å². The minimum Gasteiger partial charge on any atom is -0.338 e. The number of hydrogen-bond acceptors (Lipinski definition) is 4. The SMILES string of the molecule is CSC(=S)O/N=C(\C)CCC=C(C)C. The van der Waals surface area contributed by atoms with Crippen molar-refractivity contribution in [2.45, 2.75) is 33.6 Å². The molecule has 0 aromatic rings. The molecule has 0 N–H and O–H groups in total. The first-order valence-corrected chi connectivity index (χ1v) is 6.11. The van der Waals surface area contributed by atoms with E-state index in [1.807, 2.05) is 13.2 Å². The third kappa shape index (κ3) is 8.26. The maximum atomic E-state index is 4.97. The summed E-state index contributed by atoms with van der Waals surface area (Å²) >= 11 is 6.24. The summed E-state index contributed by atoms with van der Waals surface area (Å²) in [5, 5.41) is 3.92. The molecule has 0 heterocycles. The Morgan fingerprint density at radius 1 is 1.43 bits per heavy atom. The molecule has 0 saturated carbocycles. The number of oxime groups is 1. The summed E-state index contributed by atoms with van der Waals surface area (Å²) in [5.74, 6) is 0. The van der Waals surface area contributed by atoms with Crippen LogP contribution in [0.1, 0.15) is 33.6 Å². The number of allylic oxidation sites excluding steroid dienone is 2. The highest BCUT2D eigenvalue weighted by Gasteiger charge is 1.94. The molecule has 0 aliphatic rings. The molecule has 0 unspecified atom stereocenters. The van der Waals surface area contributed by atoms with Crippen molar-refractivity contribution in [1.29, 1.82) is 0 Å². The number of hydrogen-bond donors (Lipinski definition) is 0. The molecule has 0 spiro atoms. The van der Waals surface area contributed by atoms with Crippen molar-refractivity contribution in [2.24, 2.45) is 5.16 Å². The first-order chi connectivity index (χ1) is 6.56. The van der Waals surface area contributed by atoms with Crippen LogP contribution in [-0.2, 0) is 4.84 Å². The van der Waals surface area contributed by atoms with E-state index in [2.05, 4.69) is 25.1 Å². The van der Waals surface area contributed by atoms with Crippen LogP contribution in [0.5, 0.6) is 0 Å². The summed E-state index contributed by atoms with van der Waals surface area (Å²) in [6.45, 7) is 6.12. The van der Waals surface area contributed by atoms with Gasteiger partial charge in [0.25, 0.3) is 4.38 Å². The Bertz CT molecular complexity index is 243. The van der Waals surface area contributed by atoms with Crippen LogP contribution in [0.25, 0.3) is 0 Å². The summed E-state index contributed by atoms with van der Waals surface area (Å²) in [4.78, 5) is 4.97. The quantitative estimate of drug-likeness (QED) is 0.318. The molecule has 14 heavy (non-hydrogen) atoms. The van der Waals surface area contributed by atoms with Crippen molar-refractivity contribution in [2.75, 3.05) is 6.26 Å². The lowest BCUT2D eigenvalue weighted by molar-refractivity contribution is 0.346. The van der Waals surface area contributed by atoms with Crippen LogP contribution in [-0.4, -0.2) is 16.4 Å². The normalized spacial score (nSPS) is 11.0. The number of thioether (sulfide) groups is 1. The van der Waals surface area contributed by atoms with Crippen molar-refractivity contribution in [3.8, 4) is 0 Å². The van der Waals surface area contributed by atoms with E-state index in [9.17, 15) is 0 Å². The van der Waals surface area contributed by atoms with Crippen molar-refractivity contribution in [1.82, 2.24) is 0 Å². The Kier molecular flexibility index (Phi) is 7.80. The molecule has 0 bridgehead atoms. The van der Waals surface area contributed by atoms with Gasteiger partial charge in [-0.15, -0.1) is 0 Å². The van der Waals surface area contributed by atoms with Gasteiger partial charge in [0.2, 0.25) is 0 Å². The predicted molar refractivity (Wildman–Crippen MR) is 69.0 cm³/mol. The first-order valence-electron chi connectivity index (χ1n) is 4.48. The second-order valence-corrected chi connectivity index (χ2v) is 4.60. The van der Waals surface area contributed by atoms with Gasteiger partial charge < -0.3 is 4.84 Å². The lowest BCUT2D eigenvalue weighted by Crippen LogP contribution is -1.95. The van der Waals surface area contributed by atoms with Gasteiger partial charge in [-0.1, -0.05) is 28.6 Å². The largest absolute Gasteiger partial charge is 0.338 e. The van der Waals surface area contributed by atoms with Crippen LogP contribution in [0, 0.1) is 0 Å². The summed E-state index contributed by atoms with van der Waals surface area (Å²) in [5.41, 5.74) is 2.30. The van der Waals surface area contributed by atoms with Gasteiger partial charge in [-0.05, 0) is 52.1 Å². The molecule has 0 fully saturated rings. The molecule has 0 rings (SSSR count). The summed E-state index contributed by atoms with van der Waals surface area (Å²) in [6, 6.07) is 0. The molecule has 4 heteroatoms. The zero-order chi connectivity index (χ0) is 11.0. The molecule has 80 valence electrons. The summed E-state index contributed by atoms with van der Waals surface area (Å²) in [7, 11) is 0. The zero-order valence-electron chi connectivity index (χ0n) is 9.16. The van der Waals surface area contributed by atoms with E-state index in [0.29, 0.717) is 4.38 Å². The fourth-order valence-electron chi connectivity index (χ4n) is 0.768. The minimum absolute atomic E-state index is 0.464. The molecular formula is C10H17NOS2. The molecule has 0 aromatic heterocycles. The Morgan fingerprint density at radius 3 is 2.57 bits per heavy atom. The standard InChI is InChI=1S/C10H17NOS2/c1-8(2)6-5-7-9(3)11-12-10(13)14-4/h6H,5,7H2,1-4H3/b11-9+. The highest BCUT2D eigenvalue weighted by Crippen LogP contribution is 2.03. The Hall–Kier alpha value is -0.350. The Balaban J connectivity index is 3.78. The van der Waals surface area contributed by atoms with Crippen LogP contribution in [0.2, 0.25) is 0 Å². The lowest BCUT2D eigenvalue weighted by Gasteiger charge is -1.99. The van der Waals surface area contributed by atoms with E-state index >= 15 is 0 Å². The molecule has 0 radical (unpaired) electrons. The number of nitrogens with zero attached hydrogens (tertiary/aromatic N) is 1. The summed E-state index contributed by atoms with van der Waals surface area (Å²) in [6.07, 6.45) is 5.98. The maximum absolute atomic E-state index is 4.97. The number of rotatable bonds is 4. The van der Waals surface area contributed by atoms with Gasteiger partial charge >= 0.3 is 0 Å². The third-order valence-corrected chi connectivity index (χ3v) is 2.48. The fraction of sp³-hybridized carbons (Fsp3) is 0.600. The highest BCUT2D eigenvalue weighted by molar-refractivity contribution is 8.22. The van der Waals surface area contributed by atoms with E-state index in [1.54, 1.807) is 0 Å². The molecule has 0 saturated heterocycles. The monoisotopic (exact) mass is 231 g/mol. The van der Waals surface area contributed by atoms with Crippen LogP contribution in [0.4, 0.5) is 0 Å². The molecule has 0 aliphatic heterocycles. The van der Waals surface area contributed by atoms with Crippen LogP contribution in [0.15, 0.2) is 16.8 Å². The summed E-state index contributed by atoms with van der Waals surface area (Å²) < 4.78 is 0.464. The molecular weight excluding hydrogens is 214 g/mol. The van der Waals surface area contributed by atoms with Gasteiger partial charge in [0, 0.05) is 0 Å².